The lowest BCUT2D eigenvalue weighted by atomic mass is 9.99. The van der Waals surface area contributed by atoms with Gasteiger partial charge in [-0.05, 0) is 42.6 Å². The summed E-state index contributed by atoms with van der Waals surface area (Å²) in [6.07, 6.45) is 0.774. The zero-order valence-corrected chi connectivity index (χ0v) is 12.9. The van der Waals surface area contributed by atoms with Crippen LogP contribution in [0.2, 0.25) is 0 Å². The molecule has 22 heavy (non-hydrogen) atoms. The van der Waals surface area contributed by atoms with Gasteiger partial charge in [0.15, 0.2) is 11.6 Å². The molecule has 1 aromatic heterocycles. The molecule has 116 valence electrons. The van der Waals surface area contributed by atoms with Gasteiger partial charge in [-0.25, -0.2) is 8.78 Å². The van der Waals surface area contributed by atoms with E-state index in [2.05, 4.69) is 5.32 Å². The number of halogens is 2. The minimum atomic E-state index is -0.860. The van der Waals surface area contributed by atoms with Crippen LogP contribution in [0, 0.1) is 11.6 Å². The van der Waals surface area contributed by atoms with Gasteiger partial charge in [0.1, 0.15) is 0 Å². The molecule has 3 nitrogen and oxygen atoms in total. The fourth-order valence-electron chi connectivity index (χ4n) is 2.93. The van der Waals surface area contributed by atoms with Gasteiger partial charge in [0.05, 0.1) is 12.1 Å². The quantitative estimate of drug-likeness (QED) is 0.941. The number of amides is 1. The van der Waals surface area contributed by atoms with Crippen molar-refractivity contribution < 1.29 is 13.6 Å². The zero-order valence-electron chi connectivity index (χ0n) is 12.1. The fourth-order valence-corrected chi connectivity index (χ4v) is 3.56. The van der Waals surface area contributed by atoms with Gasteiger partial charge >= 0.3 is 0 Å². The van der Waals surface area contributed by atoms with Gasteiger partial charge in [-0.15, -0.1) is 0 Å². The molecule has 1 aliphatic rings. The van der Waals surface area contributed by atoms with E-state index in [1.165, 1.54) is 17.4 Å². The molecule has 1 aromatic carbocycles. The molecule has 2 aromatic rings. The molecule has 2 heterocycles. The topological polar surface area (TPSA) is 32.3 Å². The number of hydrogen-bond donors (Lipinski definition) is 1. The van der Waals surface area contributed by atoms with Crippen molar-refractivity contribution in [1.82, 2.24) is 10.2 Å². The summed E-state index contributed by atoms with van der Waals surface area (Å²) < 4.78 is 26.6. The number of carbonyl (C=O) groups excluding carboxylic acids is 1. The Hall–Kier alpha value is -1.79. The number of hydrogen-bond acceptors (Lipinski definition) is 3. The number of likely N-dealkylation sites (N-methyl/N-ethyl adjacent to an activating group) is 1. The monoisotopic (exact) mass is 322 g/mol. The van der Waals surface area contributed by atoms with E-state index in [9.17, 15) is 13.6 Å². The average molecular weight is 322 g/mol. The average Bonchev–Trinajstić information content (AvgIpc) is 3.13. The van der Waals surface area contributed by atoms with Crippen LogP contribution in [0.25, 0.3) is 0 Å². The van der Waals surface area contributed by atoms with Crippen LogP contribution in [0.5, 0.6) is 0 Å². The van der Waals surface area contributed by atoms with E-state index >= 15 is 0 Å². The highest BCUT2D eigenvalue weighted by Crippen LogP contribution is 2.32. The van der Waals surface area contributed by atoms with Crippen LogP contribution in [0.1, 0.15) is 28.4 Å². The van der Waals surface area contributed by atoms with Crippen molar-refractivity contribution in [1.29, 1.82) is 0 Å². The first-order valence-electron chi connectivity index (χ1n) is 7.04. The van der Waals surface area contributed by atoms with E-state index in [1.54, 1.807) is 17.5 Å². The van der Waals surface area contributed by atoms with Crippen molar-refractivity contribution in [2.24, 2.45) is 0 Å². The number of nitrogens with one attached hydrogen (secondary N) is 1. The second-order valence-corrected chi connectivity index (χ2v) is 6.26. The standard InChI is InChI=1S/C16H16F2N2OS/c1-20-6-4-14(19-16(21)11-5-7-22-9-11)15(20)10-2-3-12(17)13(18)8-10/h2-3,5,7-9,14-15H,4,6H2,1H3,(H,19,21)/t14-,15-/m0/s1. The highest BCUT2D eigenvalue weighted by Gasteiger charge is 2.34. The third kappa shape index (κ3) is 2.89. The van der Waals surface area contributed by atoms with Crippen LogP contribution in [0.15, 0.2) is 35.0 Å². The molecule has 0 spiro atoms. The molecule has 0 bridgehead atoms. The summed E-state index contributed by atoms with van der Waals surface area (Å²) in [5, 5.41) is 6.65. The highest BCUT2D eigenvalue weighted by molar-refractivity contribution is 7.08. The van der Waals surface area contributed by atoms with E-state index in [4.69, 9.17) is 0 Å². The minimum absolute atomic E-state index is 0.123. The molecule has 1 saturated heterocycles. The Morgan fingerprint density at radius 1 is 1.32 bits per heavy atom. The van der Waals surface area contributed by atoms with Crippen molar-refractivity contribution in [2.45, 2.75) is 18.5 Å². The Bertz CT molecular complexity index is 675. The molecule has 0 unspecified atom stereocenters. The van der Waals surface area contributed by atoms with Crippen molar-refractivity contribution in [2.75, 3.05) is 13.6 Å². The maximum absolute atomic E-state index is 13.5. The largest absolute Gasteiger partial charge is 0.347 e. The maximum Gasteiger partial charge on any atom is 0.252 e. The molecule has 0 saturated carbocycles. The van der Waals surface area contributed by atoms with E-state index in [-0.39, 0.29) is 18.0 Å². The summed E-state index contributed by atoms with van der Waals surface area (Å²) in [6.45, 7) is 0.790. The number of likely N-dealkylation sites (tertiary alicyclic amines) is 1. The lowest BCUT2D eigenvalue weighted by Gasteiger charge is -2.26. The number of nitrogens with zero attached hydrogens (tertiary/aromatic N) is 1. The highest BCUT2D eigenvalue weighted by atomic mass is 32.1. The van der Waals surface area contributed by atoms with Gasteiger partial charge < -0.3 is 5.32 Å². The third-order valence-electron chi connectivity index (χ3n) is 4.03. The molecular formula is C16H16F2N2OS. The zero-order chi connectivity index (χ0) is 15.7. The number of carbonyl (C=O) groups is 1. The number of benzene rings is 1. The SMILES string of the molecule is CN1CC[C@H](NC(=O)c2ccsc2)[C@@H]1c1ccc(F)c(F)c1. The predicted molar refractivity (Wildman–Crippen MR) is 81.9 cm³/mol. The smallest absolute Gasteiger partial charge is 0.252 e. The molecule has 2 atom stereocenters. The van der Waals surface area contributed by atoms with Gasteiger partial charge in [0.2, 0.25) is 0 Å². The van der Waals surface area contributed by atoms with Crippen molar-refractivity contribution in [3.8, 4) is 0 Å². The summed E-state index contributed by atoms with van der Waals surface area (Å²) >= 11 is 1.46. The van der Waals surface area contributed by atoms with Crippen molar-refractivity contribution in [3.63, 3.8) is 0 Å². The first-order valence-corrected chi connectivity index (χ1v) is 7.99. The Labute approximate surface area is 131 Å². The first-order chi connectivity index (χ1) is 10.6. The molecule has 0 aliphatic carbocycles. The summed E-state index contributed by atoms with van der Waals surface area (Å²) in [4.78, 5) is 14.3. The summed E-state index contributed by atoms with van der Waals surface area (Å²) in [6, 6.07) is 5.42. The van der Waals surface area contributed by atoms with E-state index < -0.39 is 11.6 Å². The maximum atomic E-state index is 13.5. The fraction of sp³-hybridized carbons (Fsp3) is 0.312. The summed E-state index contributed by atoms with van der Waals surface area (Å²) in [5.74, 6) is -1.85. The molecule has 1 fully saturated rings. The van der Waals surface area contributed by atoms with E-state index in [0.29, 0.717) is 11.1 Å². The van der Waals surface area contributed by atoms with Gasteiger partial charge in [-0.2, -0.15) is 11.3 Å². The van der Waals surface area contributed by atoms with Crippen LogP contribution in [-0.2, 0) is 0 Å². The Kier molecular flexibility index (Phi) is 4.22. The van der Waals surface area contributed by atoms with Crippen LogP contribution in [0.3, 0.4) is 0 Å². The van der Waals surface area contributed by atoms with E-state index in [1.807, 2.05) is 17.3 Å². The van der Waals surface area contributed by atoms with Crippen LogP contribution < -0.4 is 5.32 Å². The van der Waals surface area contributed by atoms with Gasteiger partial charge in [0.25, 0.3) is 5.91 Å². The molecule has 1 N–H and O–H groups in total. The Balaban J connectivity index is 1.81. The molecule has 3 rings (SSSR count). The number of rotatable bonds is 3. The van der Waals surface area contributed by atoms with Gasteiger partial charge in [0, 0.05) is 17.5 Å². The summed E-state index contributed by atoms with van der Waals surface area (Å²) in [7, 11) is 1.92. The first kappa shape index (κ1) is 15.1. The Morgan fingerprint density at radius 2 is 2.14 bits per heavy atom. The second-order valence-electron chi connectivity index (χ2n) is 5.48. The molecule has 6 heteroatoms. The summed E-state index contributed by atoms with van der Waals surface area (Å²) in [5.41, 5.74) is 1.30. The second kappa shape index (κ2) is 6.14. The van der Waals surface area contributed by atoms with Crippen molar-refractivity contribution >= 4 is 17.2 Å². The third-order valence-corrected chi connectivity index (χ3v) is 4.72. The lowest BCUT2D eigenvalue weighted by molar-refractivity contribution is 0.0928. The molecule has 1 aliphatic heterocycles. The van der Waals surface area contributed by atoms with E-state index in [0.717, 1.165) is 19.0 Å². The van der Waals surface area contributed by atoms with Crippen molar-refractivity contribution in [3.05, 3.63) is 57.8 Å². The molecular weight excluding hydrogens is 306 g/mol. The van der Waals surface area contributed by atoms with Gasteiger partial charge in [-0.1, -0.05) is 6.07 Å². The molecule has 1 amide bonds. The Morgan fingerprint density at radius 3 is 2.82 bits per heavy atom. The lowest BCUT2D eigenvalue weighted by Crippen LogP contribution is -2.38. The molecule has 0 radical (unpaired) electrons. The van der Waals surface area contributed by atoms with Crippen LogP contribution in [-0.4, -0.2) is 30.4 Å². The number of thiophene rings is 1. The van der Waals surface area contributed by atoms with Crippen LogP contribution in [0.4, 0.5) is 8.78 Å². The van der Waals surface area contributed by atoms with Gasteiger partial charge in [-0.3, -0.25) is 9.69 Å². The normalized spacial score (nSPS) is 22.0. The van der Waals surface area contributed by atoms with Crippen LogP contribution >= 0.6 is 11.3 Å². The predicted octanol–water partition coefficient (Wildman–Crippen LogP) is 3.20. The minimum Gasteiger partial charge on any atom is -0.347 e.